The van der Waals surface area contributed by atoms with Gasteiger partial charge in [-0.05, 0) is 33.4 Å². The van der Waals surface area contributed by atoms with Crippen molar-refractivity contribution in [3.8, 4) is 5.75 Å². The zero-order valence-electron chi connectivity index (χ0n) is 11.6. The van der Waals surface area contributed by atoms with Crippen molar-refractivity contribution in [2.45, 2.75) is 32.4 Å². The molecule has 2 rings (SSSR count). The Labute approximate surface area is 109 Å². The molecule has 1 aliphatic heterocycles. The van der Waals surface area contributed by atoms with Crippen molar-refractivity contribution >= 4 is 0 Å². The molecule has 1 N–H and O–H groups in total. The molecule has 1 saturated heterocycles. The van der Waals surface area contributed by atoms with Crippen LogP contribution in [0.3, 0.4) is 0 Å². The summed E-state index contributed by atoms with van der Waals surface area (Å²) >= 11 is 0. The Morgan fingerprint density at radius 1 is 1.50 bits per heavy atom. The normalized spacial score (nSPS) is 20.9. The monoisotopic (exact) mass is 249 g/mol. The number of rotatable bonds is 4. The number of hydrogen-bond donors (Lipinski definition) is 1. The molecule has 18 heavy (non-hydrogen) atoms. The van der Waals surface area contributed by atoms with Gasteiger partial charge >= 0.3 is 0 Å². The fraction of sp³-hybridized carbons (Fsp3) is 0.643. The highest BCUT2D eigenvalue weighted by atomic mass is 16.5. The predicted molar refractivity (Wildman–Crippen MR) is 72.9 cm³/mol. The van der Waals surface area contributed by atoms with Gasteiger partial charge in [0.05, 0.1) is 12.8 Å². The minimum Gasteiger partial charge on any atom is -0.497 e. The average molecular weight is 249 g/mol. The van der Waals surface area contributed by atoms with Crippen LogP contribution in [-0.2, 0) is 6.54 Å². The SMILES string of the molecule is CNC1CCCN(Cc2cc(OC)cc(C)n2)C1. The maximum absolute atomic E-state index is 5.30. The first kappa shape index (κ1) is 13.3. The lowest BCUT2D eigenvalue weighted by Gasteiger charge is -2.32. The number of ether oxygens (including phenoxy) is 1. The van der Waals surface area contributed by atoms with Crippen LogP contribution in [0, 0.1) is 6.92 Å². The molecule has 1 unspecified atom stereocenters. The van der Waals surface area contributed by atoms with Crippen LogP contribution in [-0.4, -0.2) is 43.2 Å². The van der Waals surface area contributed by atoms with Gasteiger partial charge in [0.2, 0.25) is 0 Å². The summed E-state index contributed by atoms with van der Waals surface area (Å²) in [5.74, 6) is 0.902. The lowest BCUT2D eigenvalue weighted by Crippen LogP contribution is -2.44. The number of likely N-dealkylation sites (tertiary alicyclic amines) is 1. The lowest BCUT2D eigenvalue weighted by atomic mass is 10.1. The molecule has 4 heteroatoms. The van der Waals surface area contributed by atoms with Gasteiger partial charge in [-0.2, -0.15) is 0 Å². The van der Waals surface area contributed by atoms with E-state index in [4.69, 9.17) is 4.74 Å². The minimum atomic E-state index is 0.616. The van der Waals surface area contributed by atoms with Crippen LogP contribution in [0.1, 0.15) is 24.2 Å². The molecule has 1 aromatic rings. The summed E-state index contributed by atoms with van der Waals surface area (Å²) in [7, 11) is 3.75. The van der Waals surface area contributed by atoms with E-state index >= 15 is 0 Å². The first-order valence-corrected chi connectivity index (χ1v) is 6.62. The molecule has 1 aromatic heterocycles. The smallest absolute Gasteiger partial charge is 0.122 e. The first-order valence-electron chi connectivity index (χ1n) is 6.62. The summed E-state index contributed by atoms with van der Waals surface area (Å²) in [4.78, 5) is 7.05. The Balaban J connectivity index is 2.02. The topological polar surface area (TPSA) is 37.4 Å². The van der Waals surface area contributed by atoms with Gasteiger partial charge in [0.1, 0.15) is 5.75 Å². The second kappa shape index (κ2) is 6.16. The largest absolute Gasteiger partial charge is 0.497 e. The van der Waals surface area contributed by atoms with Gasteiger partial charge in [-0.15, -0.1) is 0 Å². The number of nitrogens with one attached hydrogen (secondary N) is 1. The van der Waals surface area contributed by atoms with Crippen LogP contribution in [0.25, 0.3) is 0 Å². The molecule has 0 spiro atoms. The standard InChI is InChI=1S/C14H23N3O/c1-11-7-14(18-3)8-13(16-11)10-17-6-4-5-12(9-17)15-2/h7-8,12,15H,4-6,9-10H2,1-3H3. The van der Waals surface area contributed by atoms with Crippen LogP contribution in [0.4, 0.5) is 0 Å². The number of hydrogen-bond acceptors (Lipinski definition) is 4. The van der Waals surface area contributed by atoms with E-state index in [-0.39, 0.29) is 0 Å². The summed E-state index contributed by atoms with van der Waals surface area (Å²) in [6, 6.07) is 4.62. The number of methoxy groups -OCH3 is 1. The number of pyridine rings is 1. The average Bonchev–Trinajstić information content (AvgIpc) is 2.38. The fourth-order valence-electron chi connectivity index (χ4n) is 2.57. The van der Waals surface area contributed by atoms with E-state index < -0.39 is 0 Å². The Bertz CT molecular complexity index is 395. The number of aryl methyl sites for hydroxylation is 1. The molecule has 0 aliphatic carbocycles. The van der Waals surface area contributed by atoms with Gasteiger partial charge in [0.25, 0.3) is 0 Å². The Morgan fingerprint density at radius 3 is 3.06 bits per heavy atom. The summed E-state index contributed by atoms with van der Waals surface area (Å²) in [5, 5.41) is 3.37. The summed E-state index contributed by atoms with van der Waals surface area (Å²) in [5.41, 5.74) is 2.12. The van der Waals surface area contributed by atoms with Crippen molar-refractivity contribution in [2.75, 3.05) is 27.2 Å². The summed E-state index contributed by atoms with van der Waals surface area (Å²) < 4.78 is 5.30. The quantitative estimate of drug-likeness (QED) is 0.879. The molecule has 0 amide bonds. The van der Waals surface area contributed by atoms with Crippen molar-refractivity contribution in [1.82, 2.24) is 15.2 Å². The van der Waals surface area contributed by atoms with Gasteiger partial charge in [0, 0.05) is 37.0 Å². The van der Waals surface area contributed by atoms with E-state index in [0.29, 0.717) is 6.04 Å². The molecule has 100 valence electrons. The van der Waals surface area contributed by atoms with Gasteiger partial charge in [-0.25, -0.2) is 0 Å². The minimum absolute atomic E-state index is 0.616. The molecular weight excluding hydrogens is 226 g/mol. The molecule has 1 aliphatic rings. The van der Waals surface area contributed by atoms with E-state index in [1.807, 2.05) is 26.1 Å². The second-order valence-corrected chi connectivity index (χ2v) is 5.00. The van der Waals surface area contributed by atoms with Crippen molar-refractivity contribution < 1.29 is 4.74 Å². The zero-order chi connectivity index (χ0) is 13.0. The highest BCUT2D eigenvalue weighted by molar-refractivity contribution is 5.26. The van der Waals surface area contributed by atoms with Gasteiger partial charge in [0.15, 0.2) is 0 Å². The molecule has 0 saturated carbocycles. The fourth-order valence-corrected chi connectivity index (χ4v) is 2.57. The summed E-state index contributed by atoms with van der Waals surface area (Å²) in [6.07, 6.45) is 2.53. The predicted octanol–water partition coefficient (Wildman–Crippen LogP) is 1.58. The van der Waals surface area contributed by atoms with Crippen molar-refractivity contribution in [3.63, 3.8) is 0 Å². The molecule has 0 radical (unpaired) electrons. The van der Waals surface area contributed by atoms with E-state index in [1.165, 1.54) is 12.8 Å². The third kappa shape index (κ3) is 3.43. The maximum atomic E-state index is 5.30. The van der Waals surface area contributed by atoms with Gasteiger partial charge < -0.3 is 10.1 Å². The van der Waals surface area contributed by atoms with Crippen LogP contribution < -0.4 is 10.1 Å². The highest BCUT2D eigenvalue weighted by Gasteiger charge is 2.18. The highest BCUT2D eigenvalue weighted by Crippen LogP contribution is 2.17. The molecule has 1 atom stereocenters. The lowest BCUT2D eigenvalue weighted by molar-refractivity contribution is 0.186. The number of aromatic nitrogens is 1. The number of likely N-dealkylation sites (N-methyl/N-ethyl adjacent to an activating group) is 1. The maximum Gasteiger partial charge on any atom is 0.122 e. The van der Waals surface area contributed by atoms with Crippen molar-refractivity contribution in [1.29, 1.82) is 0 Å². The van der Waals surface area contributed by atoms with E-state index in [0.717, 1.165) is 36.8 Å². The third-order valence-electron chi connectivity index (χ3n) is 3.52. The van der Waals surface area contributed by atoms with Crippen molar-refractivity contribution in [3.05, 3.63) is 23.5 Å². The molecule has 1 fully saturated rings. The van der Waals surface area contributed by atoms with Crippen LogP contribution in [0.15, 0.2) is 12.1 Å². The first-order chi connectivity index (χ1) is 8.71. The second-order valence-electron chi connectivity index (χ2n) is 5.00. The molecular formula is C14H23N3O. The Kier molecular flexibility index (Phi) is 4.55. The molecule has 0 bridgehead atoms. The Morgan fingerprint density at radius 2 is 2.33 bits per heavy atom. The van der Waals surface area contributed by atoms with E-state index in [1.54, 1.807) is 7.11 Å². The number of nitrogens with zero attached hydrogens (tertiary/aromatic N) is 2. The molecule has 4 nitrogen and oxygen atoms in total. The van der Waals surface area contributed by atoms with Crippen LogP contribution >= 0.6 is 0 Å². The zero-order valence-corrected chi connectivity index (χ0v) is 11.6. The summed E-state index contributed by atoms with van der Waals surface area (Å²) in [6.45, 7) is 5.19. The van der Waals surface area contributed by atoms with Crippen molar-refractivity contribution in [2.24, 2.45) is 0 Å². The van der Waals surface area contributed by atoms with Crippen LogP contribution in [0.2, 0.25) is 0 Å². The van der Waals surface area contributed by atoms with Crippen LogP contribution in [0.5, 0.6) is 5.75 Å². The number of piperidine rings is 1. The Hall–Kier alpha value is -1.13. The van der Waals surface area contributed by atoms with E-state index in [9.17, 15) is 0 Å². The van der Waals surface area contributed by atoms with Gasteiger partial charge in [-0.1, -0.05) is 0 Å². The molecule has 2 heterocycles. The molecule has 0 aromatic carbocycles. The van der Waals surface area contributed by atoms with Gasteiger partial charge in [-0.3, -0.25) is 9.88 Å². The van der Waals surface area contributed by atoms with E-state index in [2.05, 4.69) is 15.2 Å². The third-order valence-corrected chi connectivity index (χ3v) is 3.52.